The van der Waals surface area contributed by atoms with Crippen molar-refractivity contribution in [1.82, 2.24) is 4.31 Å². The zero-order chi connectivity index (χ0) is 11.1. The molecule has 0 aliphatic carbocycles. The van der Waals surface area contributed by atoms with Crippen LogP contribution in [0.2, 0.25) is 0 Å². The van der Waals surface area contributed by atoms with Crippen molar-refractivity contribution >= 4 is 17.3 Å². The fraction of sp³-hybridized carbons (Fsp3) is 0.889. The van der Waals surface area contributed by atoms with E-state index in [0.29, 0.717) is 0 Å². The topological polar surface area (TPSA) is 63.4 Å². The summed E-state index contributed by atoms with van der Waals surface area (Å²) in [7, 11) is 0. The van der Waals surface area contributed by atoms with Gasteiger partial charge in [-0.1, -0.05) is 6.92 Å². The predicted octanol–water partition coefficient (Wildman–Crippen LogP) is 0.996. The Bertz CT molecular complexity index is 239. The minimum atomic E-state index is -1.21. The van der Waals surface area contributed by atoms with Gasteiger partial charge in [0.25, 0.3) is 0 Å². The lowest BCUT2D eigenvalue weighted by Crippen LogP contribution is -2.35. The molecule has 0 aromatic carbocycles. The van der Waals surface area contributed by atoms with Crippen molar-refractivity contribution in [3.05, 3.63) is 0 Å². The molecule has 0 bridgehead atoms. The highest BCUT2D eigenvalue weighted by molar-refractivity contribution is 7.90. The van der Waals surface area contributed by atoms with E-state index >= 15 is 0 Å². The third-order valence-corrected chi connectivity index (χ3v) is 4.19. The van der Waals surface area contributed by atoms with Gasteiger partial charge >= 0.3 is 5.97 Å². The summed E-state index contributed by atoms with van der Waals surface area (Å²) in [6.07, 6.45) is 0.735. The molecule has 4 nitrogen and oxygen atoms in total. The Hall–Kier alpha value is -0.260. The predicted molar refractivity (Wildman–Crippen MR) is 55.2 cm³/mol. The molecule has 5 heteroatoms. The van der Waals surface area contributed by atoms with Crippen molar-refractivity contribution in [2.45, 2.75) is 50.9 Å². The number of hydrogen-bond donors (Lipinski definition) is 1. The summed E-state index contributed by atoms with van der Waals surface area (Å²) in [5.74, 6) is -0.866. The van der Waals surface area contributed by atoms with Gasteiger partial charge in [-0.2, -0.15) is 0 Å². The Morgan fingerprint density at radius 1 is 1.57 bits per heavy atom. The molecule has 0 saturated carbocycles. The van der Waals surface area contributed by atoms with Crippen LogP contribution in [-0.2, 0) is 16.2 Å². The van der Waals surface area contributed by atoms with Crippen molar-refractivity contribution in [3.63, 3.8) is 0 Å². The zero-order valence-corrected chi connectivity index (χ0v) is 9.80. The van der Waals surface area contributed by atoms with E-state index in [1.54, 1.807) is 4.31 Å². The first-order valence-corrected chi connectivity index (χ1v) is 5.84. The summed E-state index contributed by atoms with van der Waals surface area (Å²) in [6, 6.07) is -0.590. The van der Waals surface area contributed by atoms with Gasteiger partial charge in [-0.15, -0.1) is 4.31 Å². The third kappa shape index (κ3) is 2.04. The molecule has 0 aromatic heterocycles. The average Bonchev–Trinajstić information content (AvgIpc) is 2.74. The van der Waals surface area contributed by atoms with Gasteiger partial charge in [-0.25, -0.2) is 0 Å². The van der Waals surface area contributed by atoms with Gasteiger partial charge in [-0.3, -0.25) is 4.79 Å². The first-order valence-electron chi connectivity index (χ1n) is 4.73. The summed E-state index contributed by atoms with van der Waals surface area (Å²) in [4.78, 5) is 10.8. The lowest BCUT2D eigenvalue weighted by Gasteiger charge is -2.24. The van der Waals surface area contributed by atoms with Crippen LogP contribution in [0, 0.1) is 0 Å². The van der Waals surface area contributed by atoms with E-state index in [1.165, 1.54) is 0 Å². The Labute approximate surface area is 87.6 Å². The van der Waals surface area contributed by atoms with Gasteiger partial charge < -0.3 is 9.66 Å². The van der Waals surface area contributed by atoms with Crippen LogP contribution < -0.4 is 0 Å². The van der Waals surface area contributed by atoms with E-state index in [9.17, 15) is 9.35 Å². The van der Waals surface area contributed by atoms with Crippen LogP contribution in [-0.4, -0.2) is 36.8 Å². The fourth-order valence-corrected chi connectivity index (χ4v) is 3.00. The quantitative estimate of drug-likeness (QED) is 0.568. The van der Waals surface area contributed by atoms with Crippen LogP contribution in [0.1, 0.15) is 34.1 Å². The van der Waals surface area contributed by atoms with Gasteiger partial charge in [0, 0.05) is 11.4 Å². The number of aliphatic carboxylic acids is 1. The van der Waals surface area contributed by atoms with E-state index in [-0.39, 0.29) is 10.8 Å². The maximum absolute atomic E-state index is 11.9. The summed E-state index contributed by atoms with van der Waals surface area (Å²) >= 11 is -1.21. The van der Waals surface area contributed by atoms with E-state index < -0.39 is 23.4 Å². The monoisotopic (exact) mass is 219 g/mol. The highest BCUT2D eigenvalue weighted by Gasteiger charge is 2.62. The molecule has 82 valence electrons. The van der Waals surface area contributed by atoms with Crippen LogP contribution in [0.3, 0.4) is 0 Å². The summed E-state index contributed by atoms with van der Waals surface area (Å²) in [5, 5.41) is 8.86. The summed E-state index contributed by atoms with van der Waals surface area (Å²) < 4.78 is 13.1. The van der Waals surface area contributed by atoms with Gasteiger partial charge in [0.15, 0.2) is 6.04 Å². The molecule has 1 aliphatic rings. The van der Waals surface area contributed by atoms with E-state index in [2.05, 4.69) is 0 Å². The first-order chi connectivity index (χ1) is 6.30. The average molecular weight is 219 g/mol. The van der Waals surface area contributed by atoms with E-state index in [1.807, 2.05) is 27.7 Å². The molecule has 1 rings (SSSR count). The lowest BCUT2D eigenvalue weighted by atomic mass is 10.3. The zero-order valence-electron chi connectivity index (χ0n) is 8.98. The molecule has 0 radical (unpaired) electrons. The van der Waals surface area contributed by atoms with Crippen molar-refractivity contribution in [2.24, 2.45) is 0 Å². The Kier molecular flexibility index (Phi) is 3.13. The lowest BCUT2D eigenvalue weighted by molar-refractivity contribution is -0.137. The third-order valence-electron chi connectivity index (χ3n) is 2.26. The Morgan fingerprint density at radius 2 is 2.07 bits per heavy atom. The maximum Gasteiger partial charge on any atom is 0.327 e. The molecule has 1 heterocycles. The van der Waals surface area contributed by atoms with Crippen LogP contribution in [0.4, 0.5) is 0 Å². The van der Waals surface area contributed by atoms with Gasteiger partial charge in [0.05, 0.1) is 6.04 Å². The molecule has 0 aromatic rings. The molecular weight excluding hydrogens is 202 g/mol. The smallest absolute Gasteiger partial charge is 0.327 e. The second-order valence-corrected chi connectivity index (χ2v) is 6.62. The highest BCUT2D eigenvalue weighted by Crippen LogP contribution is 2.39. The first kappa shape index (κ1) is 11.8. The molecule has 1 N–H and O–H groups in total. The highest BCUT2D eigenvalue weighted by atomic mass is 32.2. The number of nitrogens with zero attached hydrogens (tertiary/aromatic N) is 1. The SMILES string of the molecule is CCC1C(C(=O)O)N1[S+]([O-])C(C)(C)C. The minimum absolute atomic E-state index is 0.0486. The second-order valence-electron chi connectivity index (χ2n) is 4.48. The van der Waals surface area contributed by atoms with Gasteiger partial charge in [0.2, 0.25) is 0 Å². The molecule has 0 amide bonds. The molecular formula is C9H17NO3S. The largest absolute Gasteiger partial charge is 0.597 e. The van der Waals surface area contributed by atoms with Crippen molar-refractivity contribution in [1.29, 1.82) is 0 Å². The van der Waals surface area contributed by atoms with Gasteiger partial charge in [-0.05, 0) is 27.2 Å². The number of rotatable bonds is 3. The molecule has 4 atom stereocenters. The standard InChI is InChI=1S/C9H17NO3S/c1-5-6-7(8(11)12)10(6)14(13)9(2,3)4/h6-7H,5H2,1-4H3,(H,11,12). The maximum atomic E-state index is 11.9. The van der Waals surface area contributed by atoms with Crippen molar-refractivity contribution in [2.75, 3.05) is 0 Å². The minimum Gasteiger partial charge on any atom is -0.597 e. The van der Waals surface area contributed by atoms with Crippen LogP contribution in [0.5, 0.6) is 0 Å². The van der Waals surface area contributed by atoms with E-state index in [0.717, 1.165) is 6.42 Å². The number of hydrogen-bond acceptors (Lipinski definition) is 3. The summed E-state index contributed by atoms with van der Waals surface area (Å²) in [5.41, 5.74) is 0. The molecule has 0 spiro atoms. The normalized spacial score (nSPS) is 33.9. The fourth-order valence-electron chi connectivity index (χ4n) is 1.48. The molecule has 1 saturated heterocycles. The van der Waals surface area contributed by atoms with E-state index in [4.69, 9.17) is 5.11 Å². The second kappa shape index (κ2) is 3.72. The summed E-state index contributed by atoms with van der Waals surface area (Å²) in [6.45, 7) is 7.48. The Balaban J connectivity index is 2.68. The van der Waals surface area contributed by atoms with Crippen molar-refractivity contribution in [3.8, 4) is 0 Å². The molecule has 1 fully saturated rings. The van der Waals surface area contributed by atoms with Crippen LogP contribution in [0.15, 0.2) is 0 Å². The van der Waals surface area contributed by atoms with Gasteiger partial charge in [0.1, 0.15) is 4.75 Å². The Morgan fingerprint density at radius 3 is 2.29 bits per heavy atom. The number of carboxylic acid groups (broad SMARTS) is 1. The van der Waals surface area contributed by atoms with Crippen LogP contribution in [0.25, 0.3) is 0 Å². The number of carboxylic acids is 1. The molecule has 14 heavy (non-hydrogen) atoms. The van der Waals surface area contributed by atoms with Crippen LogP contribution >= 0.6 is 0 Å². The molecule has 1 aliphatic heterocycles. The molecule has 4 unspecified atom stereocenters. The number of carbonyl (C=O) groups is 1. The van der Waals surface area contributed by atoms with Crippen molar-refractivity contribution < 1.29 is 14.5 Å².